The van der Waals surface area contributed by atoms with Crippen molar-refractivity contribution < 1.29 is 13.6 Å². The minimum absolute atomic E-state index is 0.196. The standard InChI is InChI=1S/C20H14ClF2N3O/c21-16-10-14(23)7-8-17(16)25-19-18-15(2-1-9-24-18)20(27)26(19)11-12-3-5-13(22)6-4-12/h1-10,19,25H,11H2/t19-/m1/s1. The van der Waals surface area contributed by atoms with Crippen LogP contribution >= 0.6 is 11.6 Å². The minimum Gasteiger partial charge on any atom is -0.359 e. The number of halogens is 3. The largest absolute Gasteiger partial charge is 0.359 e. The van der Waals surface area contributed by atoms with Crippen molar-refractivity contribution in [3.8, 4) is 0 Å². The van der Waals surface area contributed by atoms with E-state index < -0.39 is 12.0 Å². The van der Waals surface area contributed by atoms with E-state index in [4.69, 9.17) is 11.6 Å². The lowest BCUT2D eigenvalue weighted by Gasteiger charge is -2.27. The quantitative estimate of drug-likeness (QED) is 0.703. The Hall–Kier alpha value is -2.99. The molecule has 4 nitrogen and oxygen atoms in total. The van der Waals surface area contributed by atoms with E-state index in [0.29, 0.717) is 16.9 Å². The van der Waals surface area contributed by atoms with Gasteiger partial charge in [0.25, 0.3) is 5.91 Å². The number of fused-ring (bicyclic) bond motifs is 1. The molecule has 1 amide bonds. The van der Waals surface area contributed by atoms with Gasteiger partial charge in [0.15, 0.2) is 0 Å². The van der Waals surface area contributed by atoms with Gasteiger partial charge in [0.2, 0.25) is 0 Å². The third kappa shape index (κ3) is 3.36. The average molecular weight is 386 g/mol. The lowest BCUT2D eigenvalue weighted by Crippen LogP contribution is -2.32. The first-order valence-electron chi connectivity index (χ1n) is 8.25. The van der Waals surface area contributed by atoms with E-state index in [-0.39, 0.29) is 23.3 Å². The summed E-state index contributed by atoms with van der Waals surface area (Å²) in [4.78, 5) is 18.8. The predicted molar refractivity (Wildman–Crippen MR) is 98.3 cm³/mol. The molecule has 4 rings (SSSR count). The lowest BCUT2D eigenvalue weighted by atomic mass is 10.2. The molecule has 1 aromatic heterocycles. The zero-order valence-electron chi connectivity index (χ0n) is 14.0. The van der Waals surface area contributed by atoms with E-state index in [9.17, 15) is 13.6 Å². The molecule has 3 aromatic rings. The summed E-state index contributed by atoms with van der Waals surface area (Å²) in [6, 6.07) is 13.3. The molecule has 0 saturated heterocycles. The van der Waals surface area contributed by atoms with Crippen LogP contribution in [0.5, 0.6) is 0 Å². The maximum absolute atomic E-state index is 13.3. The molecule has 0 fully saturated rings. The SMILES string of the molecule is O=C1c2cccnc2[C@H](Nc2ccc(F)cc2Cl)N1Cc1ccc(F)cc1. The molecule has 1 aliphatic rings. The molecule has 1 atom stereocenters. The van der Waals surface area contributed by atoms with Crippen LogP contribution in [0.3, 0.4) is 0 Å². The first-order chi connectivity index (χ1) is 13.0. The second kappa shape index (κ2) is 6.96. The topological polar surface area (TPSA) is 45.2 Å². The van der Waals surface area contributed by atoms with Crippen molar-refractivity contribution in [2.75, 3.05) is 5.32 Å². The summed E-state index contributed by atoms with van der Waals surface area (Å²) in [7, 11) is 0. The molecule has 0 radical (unpaired) electrons. The summed E-state index contributed by atoms with van der Waals surface area (Å²) >= 11 is 6.13. The molecule has 0 aliphatic carbocycles. The van der Waals surface area contributed by atoms with Crippen LogP contribution < -0.4 is 5.32 Å². The number of anilines is 1. The molecule has 27 heavy (non-hydrogen) atoms. The summed E-state index contributed by atoms with van der Waals surface area (Å²) in [6.07, 6.45) is 1.02. The lowest BCUT2D eigenvalue weighted by molar-refractivity contribution is 0.0727. The Morgan fingerprint density at radius 3 is 2.56 bits per heavy atom. The Bertz CT molecular complexity index is 1010. The second-order valence-electron chi connectivity index (χ2n) is 6.17. The van der Waals surface area contributed by atoms with E-state index in [0.717, 1.165) is 5.56 Å². The Morgan fingerprint density at radius 2 is 1.81 bits per heavy atom. The van der Waals surface area contributed by atoms with Gasteiger partial charge in [-0.05, 0) is 48.0 Å². The highest BCUT2D eigenvalue weighted by Gasteiger charge is 2.38. The van der Waals surface area contributed by atoms with Gasteiger partial charge in [-0.25, -0.2) is 8.78 Å². The van der Waals surface area contributed by atoms with E-state index in [1.165, 1.54) is 30.3 Å². The molecule has 1 N–H and O–H groups in total. The number of rotatable bonds is 4. The van der Waals surface area contributed by atoms with Crippen LogP contribution in [-0.2, 0) is 6.54 Å². The number of nitrogens with zero attached hydrogens (tertiary/aromatic N) is 2. The predicted octanol–water partition coefficient (Wildman–Crippen LogP) is 4.78. The van der Waals surface area contributed by atoms with Gasteiger partial charge in [0.1, 0.15) is 17.8 Å². The molecule has 0 saturated carbocycles. The summed E-state index contributed by atoms with van der Waals surface area (Å²) in [5.41, 5.74) is 2.30. The highest BCUT2D eigenvalue weighted by Crippen LogP contribution is 2.36. The van der Waals surface area contributed by atoms with E-state index in [1.54, 1.807) is 35.4 Å². The van der Waals surface area contributed by atoms with Gasteiger partial charge >= 0.3 is 0 Å². The van der Waals surface area contributed by atoms with Crippen molar-refractivity contribution in [3.63, 3.8) is 0 Å². The minimum atomic E-state index is -0.582. The Kier molecular flexibility index (Phi) is 4.49. The molecule has 1 aliphatic heterocycles. The highest BCUT2D eigenvalue weighted by atomic mass is 35.5. The first-order valence-corrected chi connectivity index (χ1v) is 8.62. The normalized spacial score (nSPS) is 15.7. The van der Waals surface area contributed by atoms with Gasteiger partial charge in [-0.15, -0.1) is 0 Å². The summed E-state index contributed by atoms with van der Waals surface area (Å²) in [6.45, 7) is 0.256. The third-order valence-corrected chi connectivity index (χ3v) is 4.70. The Labute approximate surface area is 159 Å². The number of hydrogen-bond donors (Lipinski definition) is 1. The summed E-state index contributed by atoms with van der Waals surface area (Å²) in [5, 5.41) is 3.38. The van der Waals surface area contributed by atoms with Crippen LogP contribution in [0.15, 0.2) is 60.8 Å². The van der Waals surface area contributed by atoms with E-state index in [2.05, 4.69) is 10.3 Å². The van der Waals surface area contributed by atoms with Crippen molar-refractivity contribution in [1.29, 1.82) is 0 Å². The monoisotopic (exact) mass is 385 g/mol. The Morgan fingerprint density at radius 1 is 1.07 bits per heavy atom. The summed E-state index contributed by atoms with van der Waals surface area (Å²) < 4.78 is 26.5. The van der Waals surface area contributed by atoms with Crippen LogP contribution in [0.1, 0.15) is 27.8 Å². The fourth-order valence-electron chi connectivity index (χ4n) is 3.09. The van der Waals surface area contributed by atoms with Crippen LogP contribution in [0.2, 0.25) is 5.02 Å². The van der Waals surface area contributed by atoms with E-state index >= 15 is 0 Å². The van der Waals surface area contributed by atoms with Crippen molar-refractivity contribution >= 4 is 23.2 Å². The number of carbonyl (C=O) groups is 1. The van der Waals surface area contributed by atoms with Crippen LogP contribution in [0.25, 0.3) is 0 Å². The maximum Gasteiger partial charge on any atom is 0.258 e. The molecule has 0 bridgehead atoms. The fraction of sp³-hybridized carbons (Fsp3) is 0.100. The zero-order chi connectivity index (χ0) is 19.0. The summed E-state index contributed by atoms with van der Waals surface area (Å²) in [5.74, 6) is -0.989. The molecular formula is C20H14ClF2N3O. The average Bonchev–Trinajstić information content (AvgIpc) is 2.92. The number of aromatic nitrogens is 1. The molecule has 136 valence electrons. The van der Waals surface area contributed by atoms with Crippen molar-refractivity contribution in [3.05, 3.63) is 94.3 Å². The number of hydrogen-bond acceptors (Lipinski definition) is 3. The van der Waals surface area contributed by atoms with Gasteiger partial charge in [-0.3, -0.25) is 9.78 Å². The van der Waals surface area contributed by atoms with Crippen molar-refractivity contribution in [2.45, 2.75) is 12.7 Å². The fourth-order valence-corrected chi connectivity index (χ4v) is 3.31. The van der Waals surface area contributed by atoms with Crippen molar-refractivity contribution in [1.82, 2.24) is 9.88 Å². The highest BCUT2D eigenvalue weighted by molar-refractivity contribution is 6.33. The smallest absolute Gasteiger partial charge is 0.258 e. The van der Waals surface area contributed by atoms with Gasteiger partial charge in [0.05, 0.1) is 22.0 Å². The molecule has 2 heterocycles. The van der Waals surface area contributed by atoms with Gasteiger partial charge in [-0.2, -0.15) is 0 Å². The van der Waals surface area contributed by atoms with Crippen LogP contribution in [-0.4, -0.2) is 15.8 Å². The first kappa shape index (κ1) is 17.4. The van der Waals surface area contributed by atoms with Crippen molar-refractivity contribution in [2.24, 2.45) is 0 Å². The number of benzene rings is 2. The second-order valence-corrected chi connectivity index (χ2v) is 6.57. The molecule has 0 spiro atoms. The number of carbonyl (C=O) groups excluding carboxylic acids is 1. The molecule has 0 unspecified atom stereocenters. The zero-order valence-corrected chi connectivity index (χ0v) is 14.8. The van der Waals surface area contributed by atoms with Gasteiger partial charge < -0.3 is 10.2 Å². The maximum atomic E-state index is 13.3. The Balaban J connectivity index is 1.70. The third-order valence-electron chi connectivity index (χ3n) is 4.39. The molecule has 7 heteroatoms. The van der Waals surface area contributed by atoms with Gasteiger partial charge in [0, 0.05) is 12.7 Å². The van der Waals surface area contributed by atoms with Crippen LogP contribution in [0.4, 0.5) is 14.5 Å². The number of nitrogens with one attached hydrogen (secondary N) is 1. The van der Waals surface area contributed by atoms with Crippen LogP contribution in [0, 0.1) is 11.6 Å². The number of amides is 1. The molecular weight excluding hydrogens is 372 g/mol. The molecule has 2 aromatic carbocycles. The number of pyridine rings is 1. The van der Waals surface area contributed by atoms with Gasteiger partial charge in [-0.1, -0.05) is 23.7 Å². The van der Waals surface area contributed by atoms with E-state index in [1.807, 2.05) is 0 Å².